The second-order valence-corrected chi connectivity index (χ2v) is 11.5. The lowest BCUT2D eigenvalue weighted by Crippen LogP contribution is -2.32. The highest BCUT2D eigenvalue weighted by atomic mass is 32.2. The van der Waals surface area contributed by atoms with Crippen molar-refractivity contribution in [3.63, 3.8) is 0 Å². The Bertz CT molecular complexity index is 1650. The first-order valence-electron chi connectivity index (χ1n) is 13.9. The monoisotopic (exact) mass is 638 g/mol. The van der Waals surface area contributed by atoms with E-state index < -0.39 is 6.36 Å². The van der Waals surface area contributed by atoms with Crippen LogP contribution in [0.3, 0.4) is 0 Å². The highest BCUT2D eigenvalue weighted by molar-refractivity contribution is 8.15. The number of aromatic nitrogens is 3. The van der Waals surface area contributed by atoms with Crippen molar-refractivity contribution >= 4 is 45.9 Å². The normalized spacial score (nSPS) is 14.5. The van der Waals surface area contributed by atoms with Gasteiger partial charge in [-0.05, 0) is 72.4 Å². The Labute approximate surface area is 262 Å². The Morgan fingerprint density at radius 2 is 1.82 bits per heavy atom. The minimum Gasteiger partial charge on any atom is -0.406 e. The number of thiocarbonyl (C=S) groups is 1. The van der Waals surface area contributed by atoms with E-state index in [0.717, 1.165) is 35.2 Å². The molecule has 0 saturated carbocycles. The molecule has 0 unspecified atom stereocenters. The Balaban J connectivity index is 1.12. The van der Waals surface area contributed by atoms with E-state index in [1.807, 2.05) is 48.5 Å². The van der Waals surface area contributed by atoms with Gasteiger partial charge in [0, 0.05) is 12.1 Å². The van der Waals surface area contributed by atoms with E-state index in [9.17, 15) is 18.0 Å². The second-order valence-electron chi connectivity index (χ2n) is 10.2. The molecule has 1 fully saturated rings. The van der Waals surface area contributed by atoms with Crippen LogP contribution in [0.25, 0.3) is 17.1 Å². The Kier molecular flexibility index (Phi) is 9.64. The van der Waals surface area contributed by atoms with Crippen LogP contribution in [0.1, 0.15) is 37.3 Å². The van der Waals surface area contributed by atoms with Crippen molar-refractivity contribution in [2.45, 2.75) is 39.0 Å². The summed E-state index contributed by atoms with van der Waals surface area (Å²) in [5, 5.41) is 8.55. The molecule has 0 spiro atoms. The van der Waals surface area contributed by atoms with E-state index in [0.29, 0.717) is 34.1 Å². The van der Waals surface area contributed by atoms with Gasteiger partial charge in [-0.3, -0.25) is 9.69 Å². The summed E-state index contributed by atoms with van der Waals surface area (Å²) in [5.41, 5.74) is 4.42. The molecule has 1 amide bonds. The van der Waals surface area contributed by atoms with E-state index >= 15 is 0 Å². The minimum absolute atomic E-state index is 0.0105. The Morgan fingerprint density at radius 3 is 2.52 bits per heavy atom. The average Bonchev–Trinajstić information content (AvgIpc) is 3.62. The largest absolute Gasteiger partial charge is 0.573 e. The lowest BCUT2D eigenvalue weighted by molar-refractivity contribution is -0.274. The van der Waals surface area contributed by atoms with Crippen molar-refractivity contribution in [2.24, 2.45) is 4.99 Å². The number of benzene rings is 3. The molecule has 3 aromatic carbocycles. The van der Waals surface area contributed by atoms with Crippen molar-refractivity contribution in [2.75, 3.05) is 17.2 Å². The highest BCUT2D eigenvalue weighted by Crippen LogP contribution is 2.33. The van der Waals surface area contributed by atoms with Crippen molar-refractivity contribution in [3.8, 4) is 22.8 Å². The molecule has 0 aliphatic carbocycles. The molecule has 0 radical (unpaired) electrons. The summed E-state index contributed by atoms with van der Waals surface area (Å²) >= 11 is 6.85. The summed E-state index contributed by atoms with van der Waals surface area (Å²) in [6.07, 6.45) is -1.62. The van der Waals surface area contributed by atoms with Crippen LogP contribution >= 0.6 is 24.0 Å². The van der Waals surface area contributed by atoms with E-state index in [2.05, 4.69) is 39.0 Å². The zero-order valence-corrected chi connectivity index (χ0v) is 25.5. The van der Waals surface area contributed by atoms with Crippen molar-refractivity contribution < 1.29 is 22.7 Å². The minimum atomic E-state index is -4.74. The van der Waals surface area contributed by atoms with Gasteiger partial charge in [-0.2, -0.15) is 4.99 Å². The number of nitrogens with zero attached hydrogens (tertiary/aromatic N) is 5. The predicted octanol–water partition coefficient (Wildman–Crippen LogP) is 6.90. The number of aryl methyl sites for hydroxylation is 1. The number of anilines is 1. The van der Waals surface area contributed by atoms with Gasteiger partial charge < -0.3 is 10.1 Å². The van der Waals surface area contributed by atoms with E-state index in [4.69, 9.17) is 12.2 Å². The number of thioether (sulfide) groups is 1. The first-order valence-corrected chi connectivity index (χ1v) is 15.2. The van der Waals surface area contributed by atoms with E-state index in [-0.39, 0.29) is 17.6 Å². The van der Waals surface area contributed by atoms with Crippen molar-refractivity contribution in [1.82, 2.24) is 20.1 Å². The van der Waals surface area contributed by atoms with Gasteiger partial charge in [0.2, 0.25) is 5.91 Å². The van der Waals surface area contributed by atoms with Gasteiger partial charge in [0.1, 0.15) is 12.1 Å². The van der Waals surface area contributed by atoms with Crippen molar-refractivity contribution in [1.29, 1.82) is 0 Å². The zero-order chi connectivity index (χ0) is 31.3. The number of amides is 1. The van der Waals surface area contributed by atoms with Crippen LogP contribution in [0.5, 0.6) is 5.75 Å². The summed E-state index contributed by atoms with van der Waals surface area (Å²) in [5.74, 6) is 0.764. The number of para-hydroxylation sites is 1. The summed E-state index contributed by atoms with van der Waals surface area (Å²) in [4.78, 5) is 23.3. The zero-order valence-electron chi connectivity index (χ0n) is 23.9. The maximum absolute atomic E-state index is 12.7. The lowest BCUT2D eigenvalue weighted by atomic mass is 10.0. The highest BCUT2D eigenvalue weighted by Gasteiger charge is 2.32. The van der Waals surface area contributed by atoms with Gasteiger partial charge in [0.15, 0.2) is 16.1 Å². The quantitative estimate of drug-likeness (QED) is 0.158. The summed E-state index contributed by atoms with van der Waals surface area (Å²) in [6, 6.07) is 21.1. The first-order chi connectivity index (χ1) is 21.1. The number of alkyl halides is 3. The number of carbonyl (C=O) groups is 1. The third-order valence-electron chi connectivity index (χ3n) is 6.72. The molecule has 0 bridgehead atoms. The molecule has 8 nitrogen and oxygen atoms in total. The Morgan fingerprint density at radius 1 is 1.09 bits per heavy atom. The van der Waals surface area contributed by atoms with Crippen molar-refractivity contribution in [3.05, 3.63) is 90.3 Å². The van der Waals surface area contributed by atoms with Crippen LogP contribution in [-0.2, 0) is 11.2 Å². The molecule has 1 saturated heterocycles. The summed E-state index contributed by atoms with van der Waals surface area (Å²) < 4.78 is 42.6. The number of amidine groups is 1. The van der Waals surface area contributed by atoms with Crippen LogP contribution in [0.15, 0.2) is 84.1 Å². The van der Waals surface area contributed by atoms with Crippen LogP contribution in [0.2, 0.25) is 0 Å². The molecule has 2 heterocycles. The SMILES string of the molecule is CC(C)c1ccccc1N1C(=O)CS/C1=N\C(=S)NCCCc1ccc(-c2ncn(-c3ccc(OC(F)(F)F)cc3)n2)cc1. The van der Waals surface area contributed by atoms with Gasteiger partial charge in [0.05, 0.1) is 17.1 Å². The van der Waals surface area contributed by atoms with Gasteiger partial charge in [0.25, 0.3) is 0 Å². The molecule has 5 rings (SSSR count). The number of halogens is 3. The molecule has 1 aliphatic rings. The van der Waals surface area contributed by atoms with Gasteiger partial charge in [-0.15, -0.1) is 18.3 Å². The molecule has 1 aliphatic heterocycles. The average molecular weight is 639 g/mol. The number of nitrogens with one attached hydrogen (secondary N) is 1. The smallest absolute Gasteiger partial charge is 0.406 e. The third-order valence-corrected chi connectivity index (χ3v) is 7.88. The van der Waals surface area contributed by atoms with E-state index in [1.54, 1.807) is 4.90 Å². The van der Waals surface area contributed by atoms with Gasteiger partial charge in [-0.25, -0.2) is 9.67 Å². The summed E-state index contributed by atoms with van der Waals surface area (Å²) in [7, 11) is 0. The molecular weight excluding hydrogens is 610 g/mol. The Hall–Kier alpha value is -4.23. The fourth-order valence-electron chi connectivity index (χ4n) is 4.62. The van der Waals surface area contributed by atoms with Crippen LogP contribution in [-0.4, -0.2) is 49.6 Å². The number of hydrogen-bond donors (Lipinski definition) is 1. The number of aliphatic imine (C=N–C) groups is 1. The molecule has 1 aromatic heterocycles. The molecule has 44 heavy (non-hydrogen) atoms. The third kappa shape index (κ3) is 7.83. The van der Waals surface area contributed by atoms with Gasteiger partial charge >= 0.3 is 6.36 Å². The predicted molar refractivity (Wildman–Crippen MR) is 170 cm³/mol. The fraction of sp³-hybridized carbons (Fsp3) is 0.258. The fourth-order valence-corrected chi connectivity index (χ4v) is 5.73. The lowest BCUT2D eigenvalue weighted by Gasteiger charge is -2.21. The maximum Gasteiger partial charge on any atom is 0.573 e. The maximum atomic E-state index is 12.7. The van der Waals surface area contributed by atoms with Gasteiger partial charge in [-0.1, -0.05) is 68.1 Å². The molecule has 13 heteroatoms. The number of carbonyl (C=O) groups excluding carboxylic acids is 1. The molecular formula is C31H29F3N6O2S2. The van der Waals surface area contributed by atoms with Crippen LogP contribution < -0.4 is 15.0 Å². The number of hydrogen-bond acceptors (Lipinski definition) is 6. The molecule has 4 aromatic rings. The van der Waals surface area contributed by atoms with Crippen LogP contribution in [0, 0.1) is 0 Å². The number of ether oxygens (including phenoxy) is 1. The second kappa shape index (κ2) is 13.6. The van der Waals surface area contributed by atoms with Crippen LogP contribution in [0.4, 0.5) is 18.9 Å². The standard InChI is InChI=1S/C31H29F3N6O2S2/c1-20(2)25-7-3-4-8-26(25)40-27(41)18-44-30(40)37-29(43)35-17-5-6-21-9-11-22(12-10-21)28-36-19-39(38-28)23-13-15-24(16-14-23)42-31(32,33)34/h3-4,7-16,19-20H,5-6,17-18H2,1-2H3,(H,35,43)/b37-30-. The molecule has 228 valence electrons. The topological polar surface area (TPSA) is 84.6 Å². The van der Waals surface area contributed by atoms with E-state index in [1.165, 1.54) is 47.0 Å². The summed E-state index contributed by atoms with van der Waals surface area (Å²) in [6.45, 7) is 4.82. The number of rotatable bonds is 9. The molecule has 1 N–H and O–H groups in total. The first kappa shape index (κ1) is 31.2. The molecule has 0 atom stereocenters.